The molecule has 1 aliphatic rings. The number of unbranched alkanes of at least 4 members (excludes halogenated alkanes) is 5. The molecule has 0 spiro atoms. The molecule has 6 amide bonds. The van der Waals surface area contributed by atoms with Gasteiger partial charge in [0.05, 0.1) is 118 Å². The fourth-order valence-corrected chi connectivity index (χ4v) is 10.1. The second-order valence-corrected chi connectivity index (χ2v) is 22.8. The number of methoxy groups -OCH3 is 1. The largest absolute Gasteiger partial charge is 0.382 e. The predicted octanol–water partition coefficient (Wildman–Crippen LogP) is 2.46. The summed E-state index contributed by atoms with van der Waals surface area (Å²) in [5.74, 6) is -5.25. The maximum absolute atomic E-state index is 14.4. The Kier molecular flexibility index (Phi) is 37.3. The van der Waals surface area contributed by atoms with E-state index in [9.17, 15) is 43.1 Å². The number of aromatic nitrogens is 2. The van der Waals surface area contributed by atoms with Crippen molar-refractivity contribution in [3.8, 4) is 0 Å². The van der Waals surface area contributed by atoms with Crippen molar-refractivity contribution in [3.63, 3.8) is 0 Å². The van der Waals surface area contributed by atoms with E-state index >= 15 is 0 Å². The van der Waals surface area contributed by atoms with Crippen LogP contribution < -0.4 is 27.0 Å². The second kappa shape index (κ2) is 42.8. The first-order valence-electron chi connectivity index (χ1n) is 29.3. The van der Waals surface area contributed by atoms with Crippen LogP contribution in [0.5, 0.6) is 0 Å². The lowest BCUT2D eigenvalue weighted by Crippen LogP contribution is -2.59. The Morgan fingerprint density at radius 1 is 0.675 bits per heavy atom. The fraction of sp³-hybridized carbons (Fsp3) is 0.737. The van der Waals surface area contributed by atoms with Gasteiger partial charge in [-0.1, -0.05) is 76.8 Å². The summed E-state index contributed by atoms with van der Waals surface area (Å²) in [5, 5.41) is 10.7. The summed E-state index contributed by atoms with van der Waals surface area (Å²) in [7, 11) is -2.96. The molecule has 0 saturated carbocycles. The maximum atomic E-state index is 14.4. The third-order valence-electron chi connectivity index (χ3n) is 13.6. The number of hydrogen-bond acceptors (Lipinski definition) is 16. The SMILES string of the molecule is COCCOCCOCCOCCOCCOCCOCCOCCC(=O)N1CCC[C@H]1C(=O)N[C@@H](CC(C)C)C(=O)N[C@@H](Cc1cncn1CCCCCCCCc1ccccc1)C(=O)N[C@@H](C)C(=O)N[C@H](C(N)=O)[C@@H](C)CP(=O)(O)O. The number of nitrogens with zero attached hydrogens (tertiary/aromatic N) is 3. The first-order valence-corrected chi connectivity index (χ1v) is 31.1. The summed E-state index contributed by atoms with van der Waals surface area (Å²) in [5.41, 5.74) is 7.47. The lowest BCUT2D eigenvalue weighted by atomic mass is 10.0. The Labute approximate surface area is 490 Å². The first-order chi connectivity index (χ1) is 39.9. The smallest absolute Gasteiger partial charge is 0.325 e. The molecule has 0 bridgehead atoms. The normalized spacial score (nSPS) is 15.4. The summed E-state index contributed by atoms with van der Waals surface area (Å²) < 4.78 is 57.0. The Hall–Kier alpha value is -4.92. The van der Waals surface area contributed by atoms with Crippen molar-refractivity contribution < 1.29 is 81.0 Å². The van der Waals surface area contributed by atoms with Crippen molar-refractivity contribution >= 4 is 43.0 Å². The van der Waals surface area contributed by atoms with Crippen LogP contribution in [-0.2, 0) is 90.6 Å². The maximum Gasteiger partial charge on any atom is 0.325 e. The molecule has 0 aliphatic carbocycles. The molecule has 1 aromatic carbocycles. The number of carbonyl (C=O) groups excluding carboxylic acids is 6. The second-order valence-electron chi connectivity index (χ2n) is 21.1. The van der Waals surface area contributed by atoms with Crippen LogP contribution in [0.3, 0.4) is 0 Å². The zero-order valence-electron chi connectivity index (χ0n) is 49.7. The minimum absolute atomic E-state index is 0.0291. The van der Waals surface area contributed by atoms with Gasteiger partial charge in [0.1, 0.15) is 30.2 Å². The summed E-state index contributed by atoms with van der Waals surface area (Å²) in [6.45, 7) is 13.5. The quantitative estimate of drug-likeness (QED) is 0.0370. The number of carbonyl (C=O) groups is 6. The highest BCUT2D eigenvalue weighted by Gasteiger charge is 2.37. The van der Waals surface area contributed by atoms with E-state index in [1.54, 1.807) is 19.6 Å². The number of nitrogens with one attached hydrogen (secondary N) is 4. The molecule has 2 aromatic rings. The third kappa shape index (κ3) is 32.2. The van der Waals surface area contributed by atoms with Crippen molar-refractivity contribution in [2.45, 2.75) is 141 Å². The molecule has 0 radical (unpaired) electrons. The molecule has 2 heterocycles. The zero-order valence-corrected chi connectivity index (χ0v) is 50.6. The number of amides is 6. The van der Waals surface area contributed by atoms with Gasteiger partial charge in [0.2, 0.25) is 35.4 Å². The number of ether oxygens (including phenoxy) is 8. The van der Waals surface area contributed by atoms with Crippen LogP contribution in [0.2, 0.25) is 0 Å². The lowest BCUT2D eigenvalue weighted by molar-refractivity contribution is -0.140. The first kappa shape index (κ1) is 72.3. The summed E-state index contributed by atoms with van der Waals surface area (Å²) in [4.78, 5) is 107. The van der Waals surface area contributed by atoms with Crippen LogP contribution in [-0.4, -0.2) is 209 Å². The molecular formula is C57H97N8O17P. The van der Waals surface area contributed by atoms with Crippen molar-refractivity contribution in [2.75, 3.05) is 119 Å². The number of imidazole rings is 1. The van der Waals surface area contributed by atoms with Gasteiger partial charge >= 0.3 is 7.60 Å². The third-order valence-corrected chi connectivity index (χ3v) is 14.6. The number of rotatable bonds is 49. The van der Waals surface area contributed by atoms with Crippen molar-refractivity contribution in [2.24, 2.45) is 17.6 Å². The molecule has 1 aliphatic heterocycles. The van der Waals surface area contributed by atoms with Crippen LogP contribution in [0.4, 0.5) is 0 Å². The van der Waals surface area contributed by atoms with Gasteiger partial charge in [-0.25, -0.2) is 4.98 Å². The summed E-state index contributed by atoms with van der Waals surface area (Å²) in [6, 6.07) is 4.38. The van der Waals surface area contributed by atoms with Crippen molar-refractivity contribution in [1.29, 1.82) is 0 Å². The Morgan fingerprint density at radius 3 is 1.75 bits per heavy atom. The van der Waals surface area contributed by atoms with Gasteiger partial charge in [-0.2, -0.15) is 0 Å². The van der Waals surface area contributed by atoms with Gasteiger partial charge in [0.15, 0.2) is 0 Å². The molecule has 83 heavy (non-hydrogen) atoms. The zero-order chi connectivity index (χ0) is 60.7. The van der Waals surface area contributed by atoms with Gasteiger partial charge < -0.3 is 84.1 Å². The van der Waals surface area contributed by atoms with Gasteiger partial charge in [-0.05, 0) is 62.8 Å². The molecule has 6 atom stereocenters. The minimum atomic E-state index is -4.59. The van der Waals surface area contributed by atoms with Gasteiger partial charge in [0, 0.05) is 38.5 Å². The van der Waals surface area contributed by atoms with E-state index in [2.05, 4.69) is 50.5 Å². The number of nitrogens with two attached hydrogens (primary N) is 1. The highest BCUT2D eigenvalue weighted by Crippen LogP contribution is 2.37. The van der Waals surface area contributed by atoms with Crippen molar-refractivity contribution in [1.82, 2.24) is 35.7 Å². The van der Waals surface area contributed by atoms with Crippen LogP contribution in [0.25, 0.3) is 0 Å². The number of primary amides is 1. The topological polar surface area (TPSA) is 329 Å². The van der Waals surface area contributed by atoms with E-state index in [0.29, 0.717) is 118 Å². The lowest BCUT2D eigenvalue weighted by Gasteiger charge is -2.29. The number of aryl methyl sites for hydroxylation is 2. The Bertz CT molecular complexity index is 2190. The molecule has 472 valence electrons. The van der Waals surface area contributed by atoms with Crippen LogP contribution in [0.1, 0.15) is 103 Å². The molecule has 1 fully saturated rings. The molecule has 0 unspecified atom stereocenters. The highest BCUT2D eigenvalue weighted by atomic mass is 31.2. The molecule has 1 aromatic heterocycles. The minimum Gasteiger partial charge on any atom is -0.382 e. The van der Waals surface area contributed by atoms with E-state index in [0.717, 1.165) is 44.9 Å². The Balaban J connectivity index is 1.50. The average Bonchev–Trinajstić information content (AvgIpc) is 4.23. The molecule has 25 nitrogen and oxygen atoms in total. The number of hydrogen-bond donors (Lipinski definition) is 7. The van der Waals surface area contributed by atoms with E-state index in [-0.39, 0.29) is 44.3 Å². The van der Waals surface area contributed by atoms with E-state index in [1.165, 1.54) is 24.3 Å². The number of benzene rings is 1. The Morgan fingerprint density at radius 2 is 1.20 bits per heavy atom. The summed E-state index contributed by atoms with van der Waals surface area (Å²) >= 11 is 0. The van der Waals surface area contributed by atoms with E-state index < -0.39 is 79.4 Å². The molecular weight excluding hydrogens is 1100 g/mol. The van der Waals surface area contributed by atoms with E-state index in [4.69, 9.17) is 43.6 Å². The molecule has 8 N–H and O–H groups in total. The monoisotopic (exact) mass is 1200 g/mol. The van der Waals surface area contributed by atoms with Crippen LogP contribution in [0, 0.1) is 11.8 Å². The van der Waals surface area contributed by atoms with Gasteiger partial charge in [0.25, 0.3) is 0 Å². The fourth-order valence-electron chi connectivity index (χ4n) is 9.18. The highest BCUT2D eigenvalue weighted by molar-refractivity contribution is 7.51. The molecule has 3 rings (SSSR count). The van der Waals surface area contributed by atoms with Crippen LogP contribution in [0.15, 0.2) is 42.9 Å². The number of likely N-dealkylation sites (tertiary alicyclic amines) is 1. The average molecular weight is 1200 g/mol. The standard InChI is InChI=1S/C57H97N8O17P/c1-43(2)38-48(62-57(71)50-19-15-22-65(50)51(66)20-23-76-26-27-78-30-31-80-34-35-82-37-36-81-33-32-79-29-28-77-25-24-75-5)56(70)61-49(55(69)60-45(4)54(68)63-52(53(58)67)44(3)41-83(72,73)74)39-47-40-59-42-64(47)21-14-9-7-6-8-11-16-46-17-12-10-13-18-46/h10,12-13,17-18,40,42-45,48-50,52H,6-9,11,14-16,19-39,41H2,1-5H3,(H2,58,67)(H,60,69)(H,61,70)(H,62,71)(H,63,68)(H2,72,73,74)/t44-,45-,48-,49-,50-,52-/m0/s1. The van der Waals surface area contributed by atoms with Crippen molar-refractivity contribution in [3.05, 3.63) is 54.1 Å². The predicted molar refractivity (Wildman–Crippen MR) is 309 cm³/mol. The van der Waals surface area contributed by atoms with Crippen LogP contribution >= 0.6 is 7.60 Å². The van der Waals surface area contributed by atoms with Gasteiger partial charge in [-0.3, -0.25) is 33.3 Å². The molecule has 26 heteroatoms. The molecule has 1 saturated heterocycles. The van der Waals surface area contributed by atoms with Gasteiger partial charge in [-0.15, -0.1) is 0 Å². The summed E-state index contributed by atoms with van der Waals surface area (Å²) in [6.07, 6.45) is 10.9. The van der Waals surface area contributed by atoms with E-state index in [1.807, 2.05) is 24.5 Å².